The van der Waals surface area contributed by atoms with E-state index >= 15 is 19.2 Å². The zero-order valence-electron chi connectivity index (χ0n) is 38.7. The minimum atomic E-state index is -2.16. The second kappa shape index (κ2) is 19.8. The molecule has 9 rings (SSSR count). The molecule has 7 atom stereocenters. The number of nitrogens with one attached hydrogen (secondary N) is 2. The molecule has 0 bridgehead atoms. The highest BCUT2D eigenvalue weighted by Crippen LogP contribution is 2.66. The van der Waals surface area contributed by atoms with Gasteiger partial charge >= 0.3 is 18.0 Å². The van der Waals surface area contributed by atoms with Gasteiger partial charge in [-0.1, -0.05) is 128 Å². The van der Waals surface area contributed by atoms with Crippen LogP contribution in [-0.4, -0.2) is 93.7 Å². The van der Waals surface area contributed by atoms with Crippen LogP contribution < -0.4 is 20.3 Å². The van der Waals surface area contributed by atoms with Crippen molar-refractivity contribution >= 4 is 46.5 Å². The van der Waals surface area contributed by atoms with Crippen LogP contribution >= 0.6 is 0 Å². The molecule has 16 heteroatoms. The smallest absolute Gasteiger partial charge is 0.329 e. The molecule has 0 saturated carbocycles. The number of nitrogens with zero attached hydrogens (tertiary/aromatic N) is 5. The standard InChI is InChI=1S/C54H51N7O9/c1-5-28-55-49(63)43-46-51(65)70-47(36-20-10-7-11-21-36)45(35-18-8-6-9-19-35)61(46)48(37-22-12-15-25-42(37)69-31-30-62)54(43)38-32-34(17-16-29-59-41-24-14-13-23-39(41)57-58-59)26-27-40(38)60(52(54)66)53(67)56-44(33(2)3)50(64)68-4/h5-15,18-27,32-33,43-48,62H,1,28-31H2,2-4H3,(H,55,63)(H,56,67)/t43-,44+,45-,46-,47+,48+,54-/m1/s1. The number of aliphatic hydroxyl groups excluding tert-OH is 1. The van der Waals surface area contributed by atoms with E-state index in [1.807, 2.05) is 89.8 Å². The fraction of sp³-hybridized carbons (Fsp3) is 0.278. The molecule has 2 saturated heterocycles. The zero-order chi connectivity index (χ0) is 49.1. The van der Waals surface area contributed by atoms with E-state index in [4.69, 9.17) is 14.2 Å². The second-order valence-corrected chi connectivity index (χ2v) is 17.5. The fourth-order valence-corrected chi connectivity index (χ4v) is 10.3. The number of hydrogen-bond donors (Lipinski definition) is 3. The van der Waals surface area contributed by atoms with Gasteiger partial charge in [0.1, 0.15) is 48.0 Å². The monoisotopic (exact) mass is 941 g/mol. The molecule has 3 aliphatic rings. The highest BCUT2D eigenvalue weighted by atomic mass is 16.6. The average molecular weight is 942 g/mol. The normalized spacial score (nSPS) is 21.8. The van der Waals surface area contributed by atoms with Crippen molar-refractivity contribution in [1.82, 2.24) is 30.5 Å². The van der Waals surface area contributed by atoms with E-state index < -0.39 is 77.3 Å². The molecular formula is C54H51N7O9. The molecule has 6 aromatic rings. The number of rotatable bonds is 13. The van der Waals surface area contributed by atoms with Crippen molar-refractivity contribution in [2.24, 2.45) is 11.8 Å². The molecule has 3 N–H and O–H groups in total. The molecule has 356 valence electrons. The van der Waals surface area contributed by atoms with E-state index in [1.165, 1.54) is 13.2 Å². The Morgan fingerprint density at radius 2 is 1.61 bits per heavy atom. The topological polar surface area (TPSA) is 195 Å². The molecule has 70 heavy (non-hydrogen) atoms. The maximum atomic E-state index is 16.6. The molecule has 16 nitrogen and oxygen atoms in total. The predicted octanol–water partition coefficient (Wildman–Crippen LogP) is 5.73. The molecule has 5 aromatic carbocycles. The van der Waals surface area contributed by atoms with Crippen molar-refractivity contribution in [2.45, 2.75) is 56.1 Å². The number of urea groups is 1. The van der Waals surface area contributed by atoms with E-state index in [-0.39, 0.29) is 43.3 Å². The average Bonchev–Trinajstić information content (AvgIpc) is 4.02. The van der Waals surface area contributed by atoms with Crippen molar-refractivity contribution in [3.8, 4) is 17.6 Å². The summed E-state index contributed by atoms with van der Waals surface area (Å²) in [5, 5.41) is 24.3. The minimum absolute atomic E-state index is 0.0360. The lowest BCUT2D eigenvalue weighted by Crippen LogP contribution is -2.57. The third-order valence-corrected chi connectivity index (χ3v) is 13.2. The summed E-state index contributed by atoms with van der Waals surface area (Å²) in [5.41, 5.74) is 1.76. The summed E-state index contributed by atoms with van der Waals surface area (Å²) in [6.45, 7) is 6.90. The van der Waals surface area contributed by atoms with E-state index in [1.54, 1.807) is 61.0 Å². The number of carbonyl (C=O) groups is 5. The van der Waals surface area contributed by atoms with Crippen LogP contribution in [0.3, 0.4) is 0 Å². The quantitative estimate of drug-likeness (QED) is 0.0725. The third-order valence-electron chi connectivity index (χ3n) is 13.2. The molecule has 0 aliphatic carbocycles. The number of esters is 2. The van der Waals surface area contributed by atoms with Crippen LogP contribution in [0.2, 0.25) is 0 Å². The Kier molecular flexibility index (Phi) is 13.3. The van der Waals surface area contributed by atoms with E-state index in [2.05, 4.69) is 39.4 Å². The summed E-state index contributed by atoms with van der Waals surface area (Å²) in [6, 6.07) is 32.2. The fourth-order valence-electron chi connectivity index (χ4n) is 10.3. The number of methoxy groups -OCH3 is 1. The van der Waals surface area contributed by atoms with Crippen LogP contribution in [0, 0.1) is 23.7 Å². The number of morpholine rings is 1. The van der Waals surface area contributed by atoms with Crippen molar-refractivity contribution in [3.63, 3.8) is 0 Å². The first kappa shape index (κ1) is 47.0. The first-order chi connectivity index (χ1) is 34.0. The summed E-state index contributed by atoms with van der Waals surface area (Å²) >= 11 is 0. The van der Waals surface area contributed by atoms with Gasteiger partial charge in [-0.25, -0.2) is 19.2 Å². The first-order valence-corrected chi connectivity index (χ1v) is 23.0. The van der Waals surface area contributed by atoms with Crippen molar-refractivity contribution in [2.75, 3.05) is 31.8 Å². The van der Waals surface area contributed by atoms with Crippen molar-refractivity contribution in [3.05, 3.63) is 168 Å². The first-order valence-electron chi connectivity index (χ1n) is 23.0. The van der Waals surface area contributed by atoms with Gasteiger partial charge in [0.2, 0.25) is 11.8 Å². The molecule has 0 radical (unpaired) electrons. The number of amides is 4. The summed E-state index contributed by atoms with van der Waals surface area (Å²) in [7, 11) is 1.20. The van der Waals surface area contributed by atoms with Gasteiger partial charge < -0.3 is 30.0 Å². The lowest BCUT2D eigenvalue weighted by Gasteiger charge is -2.46. The summed E-state index contributed by atoms with van der Waals surface area (Å²) in [5.74, 6) is 1.50. The summed E-state index contributed by atoms with van der Waals surface area (Å²) in [6.07, 6.45) is 0.513. The molecule has 3 aliphatic heterocycles. The lowest BCUT2D eigenvalue weighted by molar-refractivity contribution is -0.178. The van der Waals surface area contributed by atoms with Gasteiger partial charge in [-0.05, 0) is 59.0 Å². The molecule has 1 aromatic heterocycles. The SMILES string of the molecule is C=CCNC(=O)[C@H]1[C@@H]2C(=O)O[C@@H](c3ccccc3)[C@@H](c3ccccc3)N2[C@@H](c2ccccc2OCCO)[C@]12C(=O)N(C(=O)N[C@H](C(=O)OC)C(C)C)c1ccc(C#CCn3nnc4ccccc43)cc12. The van der Waals surface area contributed by atoms with Crippen LogP contribution in [0.1, 0.15) is 59.9 Å². The van der Waals surface area contributed by atoms with Crippen molar-refractivity contribution in [1.29, 1.82) is 0 Å². The molecule has 4 amide bonds. The van der Waals surface area contributed by atoms with E-state index in [0.29, 0.717) is 27.8 Å². The number of aliphatic hydroxyl groups is 1. The minimum Gasteiger partial charge on any atom is -0.491 e. The third kappa shape index (κ3) is 8.12. The van der Waals surface area contributed by atoms with Gasteiger partial charge in [0.25, 0.3) is 0 Å². The Hall–Kier alpha value is -8.13. The second-order valence-electron chi connectivity index (χ2n) is 17.5. The Labute approximate surface area is 404 Å². The maximum Gasteiger partial charge on any atom is 0.329 e. The lowest BCUT2D eigenvalue weighted by atomic mass is 9.65. The number of aromatic nitrogens is 3. The summed E-state index contributed by atoms with van der Waals surface area (Å²) in [4.78, 5) is 78.5. The molecule has 2 fully saturated rings. The van der Waals surface area contributed by atoms with Crippen molar-refractivity contribution < 1.29 is 43.3 Å². The largest absolute Gasteiger partial charge is 0.491 e. The number of fused-ring (bicyclic) bond motifs is 4. The molecule has 1 spiro atoms. The number of ether oxygens (including phenoxy) is 3. The van der Waals surface area contributed by atoms with Gasteiger partial charge in [0, 0.05) is 17.7 Å². The number of carbonyl (C=O) groups excluding carboxylic acids is 5. The number of hydrogen-bond acceptors (Lipinski definition) is 12. The van der Waals surface area contributed by atoms with E-state index in [9.17, 15) is 9.90 Å². The van der Waals surface area contributed by atoms with Crippen LogP contribution in [0.5, 0.6) is 5.75 Å². The van der Waals surface area contributed by atoms with Crippen LogP contribution in [-0.2, 0) is 40.6 Å². The maximum absolute atomic E-state index is 16.6. The van der Waals surface area contributed by atoms with Gasteiger partial charge in [-0.15, -0.1) is 11.7 Å². The number of para-hydroxylation sites is 2. The number of benzene rings is 5. The van der Waals surface area contributed by atoms with Gasteiger partial charge in [0.15, 0.2) is 0 Å². The molecular weight excluding hydrogens is 891 g/mol. The highest BCUT2D eigenvalue weighted by Gasteiger charge is 2.76. The number of imide groups is 1. The van der Waals surface area contributed by atoms with Gasteiger partial charge in [-0.2, -0.15) is 0 Å². The Morgan fingerprint density at radius 1 is 0.914 bits per heavy atom. The zero-order valence-corrected chi connectivity index (χ0v) is 38.7. The number of anilines is 1. The molecule has 4 heterocycles. The van der Waals surface area contributed by atoms with Crippen LogP contribution in [0.4, 0.5) is 10.5 Å². The summed E-state index contributed by atoms with van der Waals surface area (Å²) < 4.78 is 19.6. The van der Waals surface area contributed by atoms with Gasteiger partial charge in [0.05, 0.1) is 42.9 Å². The number of cyclic esters (lactones) is 1. The van der Waals surface area contributed by atoms with Crippen LogP contribution in [0.25, 0.3) is 11.0 Å². The van der Waals surface area contributed by atoms with Gasteiger partial charge in [-0.3, -0.25) is 19.3 Å². The predicted molar refractivity (Wildman–Crippen MR) is 258 cm³/mol. The van der Waals surface area contributed by atoms with E-state index in [0.717, 1.165) is 10.4 Å². The Morgan fingerprint density at radius 3 is 2.33 bits per heavy atom. The Balaban J connectivity index is 1.34. The Bertz CT molecular complexity index is 3040. The molecule has 0 unspecified atom stereocenters. The highest BCUT2D eigenvalue weighted by molar-refractivity contribution is 6.25. The van der Waals surface area contributed by atoms with Crippen LogP contribution in [0.15, 0.2) is 140 Å².